The SMILES string of the molecule is CCn1c(-c2c(F)cccc2F)nc2cc(CN)ccc21. The fourth-order valence-corrected chi connectivity index (χ4v) is 2.52. The number of halogens is 2. The van der Waals surface area contributed by atoms with Gasteiger partial charge in [0.25, 0.3) is 0 Å². The van der Waals surface area contributed by atoms with Crippen LogP contribution in [0.5, 0.6) is 0 Å². The summed E-state index contributed by atoms with van der Waals surface area (Å²) in [6.45, 7) is 2.89. The number of aromatic nitrogens is 2. The van der Waals surface area contributed by atoms with Crippen LogP contribution in [0.2, 0.25) is 0 Å². The molecule has 0 saturated carbocycles. The van der Waals surface area contributed by atoms with Gasteiger partial charge >= 0.3 is 0 Å². The largest absolute Gasteiger partial charge is 0.326 e. The fraction of sp³-hybridized carbons (Fsp3) is 0.188. The normalized spacial score (nSPS) is 11.2. The van der Waals surface area contributed by atoms with Gasteiger partial charge in [-0.1, -0.05) is 12.1 Å². The zero-order valence-electron chi connectivity index (χ0n) is 11.6. The number of aryl methyl sites for hydroxylation is 1. The summed E-state index contributed by atoms with van der Waals surface area (Å²) in [7, 11) is 0. The predicted octanol–water partition coefficient (Wildman–Crippen LogP) is 3.46. The van der Waals surface area contributed by atoms with Gasteiger partial charge in [-0.2, -0.15) is 0 Å². The smallest absolute Gasteiger partial charge is 0.147 e. The highest BCUT2D eigenvalue weighted by Gasteiger charge is 2.18. The van der Waals surface area contributed by atoms with Gasteiger partial charge in [0.2, 0.25) is 0 Å². The number of rotatable bonds is 3. The fourth-order valence-electron chi connectivity index (χ4n) is 2.52. The number of nitrogens with two attached hydrogens (primary N) is 1. The minimum Gasteiger partial charge on any atom is -0.326 e. The van der Waals surface area contributed by atoms with Gasteiger partial charge < -0.3 is 10.3 Å². The second kappa shape index (κ2) is 5.26. The Morgan fingerprint density at radius 2 is 1.86 bits per heavy atom. The molecule has 0 fully saturated rings. The first-order chi connectivity index (χ1) is 10.2. The van der Waals surface area contributed by atoms with E-state index in [2.05, 4.69) is 4.98 Å². The van der Waals surface area contributed by atoms with Gasteiger partial charge in [-0.25, -0.2) is 13.8 Å². The van der Waals surface area contributed by atoms with Crippen molar-refractivity contribution in [1.29, 1.82) is 0 Å². The third-order valence-corrected chi connectivity index (χ3v) is 3.55. The van der Waals surface area contributed by atoms with Crippen molar-refractivity contribution in [3.8, 4) is 11.4 Å². The van der Waals surface area contributed by atoms with Crippen molar-refractivity contribution >= 4 is 11.0 Å². The molecule has 0 aliphatic heterocycles. The van der Waals surface area contributed by atoms with Crippen molar-refractivity contribution in [2.75, 3.05) is 0 Å². The minimum absolute atomic E-state index is 0.0927. The van der Waals surface area contributed by atoms with Gasteiger partial charge in [-0.05, 0) is 36.8 Å². The number of nitrogens with zero attached hydrogens (tertiary/aromatic N) is 2. The van der Waals surface area contributed by atoms with Crippen LogP contribution in [-0.4, -0.2) is 9.55 Å². The lowest BCUT2D eigenvalue weighted by atomic mass is 10.2. The van der Waals surface area contributed by atoms with Crippen LogP contribution in [0.15, 0.2) is 36.4 Å². The monoisotopic (exact) mass is 287 g/mol. The van der Waals surface area contributed by atoms with Gasteiger partial charge in [-0.3, -0.25) is 0 Å². The molecule has 108 valence electrons. The van der Waals surface area contributed by atoms with Crippen molar-refractivity contribution in [1.82, 2.24) is 9.55 Å². The number of benzene rings is 2. The molecule has 0 atom stereocenters. The van der Waals surface area contributed by atoms with Crippen molar-refractivity contribution in [2.24, 2.45) is 5.73 Å². The van der Waals surface area contributed by atoms with Crippen LogP contribution < -0.4 is 5.73 Å². The van der Waals surface area contributed by atoms with E-state index in [0.29, 0.717) is 24.4 Å². The minimum atomic E-state index is -0.612. The summed E-state index contributed by atoms with van der Waals surface area (Å²) >= 11 is 0. The van der Waals surface area contributed by atoms with Crippen molar-refractivity contribution in [3.05, 3.63) is 53.6 Å². The standard InChI is InChI=1S/C16H15F2N3/c1-2-21-14-7-6-10(9-19)8-13(14)20-16(21)15-11(17)4-3-5-12(15)18/h3-8H,2,9,19H2,1H3. The highest BCUT2D eigenvalue weighted by molar-refractivity contribution is 5.81. The zero-order chi connectivity index (χ0) is 15.0. The van der Waals surface area contributed by atoms with E-state index >= 15 is 0 Å². The second-order valence-corrected chi connectivity index (χ2v) is 4.80. The molecule has 0 spiro atoms. The highest BCUT2D eigenvalue weighted by Crippen LogP contribution is 2.29. The van der Waals surface area contributed by atoms with Gasteiger partial charge in [-0.15, -0.1) is 0 Å². The number of imidazole rings is 1. The van der Waals surface area contributed by atoms with Gasteiger partial charge in [0.1, 0.15) is 17.5 Å². The van der Waals surface area contributed by atoms with Gasteiger partial charge in [0.05, 0.1) is 16.6 Å². The topological polar surface area (TPSA) is 43.8 Å². The van der Waals surface area contributed by atoms with Crippen molar-refractivity contribution < 1.29 is 8.78 Å². The van der Waals surface area contributed by atoms with Crippen LogP contribution in [0.1, 0.15) is 12.5 Å². The molecular formula is C16H15F2N3. The second-order valence-electron chi connectivity index (χ2n) is 4.80. The lowest BCUT2D eigenvalue weighted by molar-refractivity contribution is 0.585. The highest BCUT2D eigenvalue weighted by atomic mass is 19.1. The first kappa shape index (κ1) is 13.7. The van der Waals surface area contributed by atoms with Crippen LogP contribution in [0.3, 0.4) is 0 Å². The van der Waals surface area contributed by atoms with Crippen LogP contribution in [0, 0.1) is 11.6 Å². The van der Waals surface area contributed by atoms with Crippen LogP contribution in [-0.2, 0) is 13.1 Å². The summed E-state index contributed by atoms with van der Waals surface area (Å²) in [6, 6.07) is 9.46. The molecular weight excluding hydrogens is 272 g/mol. The van der Waals surface area contributed by atoms with E-state index < -0.39 is 11.6 Å². The van der Waals surface area contributed by atoms with Crippen LogP contribution in [0.25, 0.3) is 22.4 Å². The first-order valence-corrected chi connectivity index (χ1v) is 6.79. The summed E-state index contributed by atoms with van der Waals surface area (Å²) < 4.78 is 29.8. The molecule has 21 heavy (non-hydrogen) atoms. The summed E-state index contributed by atoms with van der Waals surface area (Å²) in [5, 5.41) is 0. The molecule has 0 aliphatic rings. The van der Waals surface area contributed by atoms with Crippen molar-refractivity contribution in [2.45, 2.75) is 20.0 Å². The van der Waals surface area contributed by atoms with E-state index in [1.165, 1.54) is 18.2 Å². The molecule has 1 aromatic heterocycles. The van der Waals surface area contributed by atoms with E-state index in [9.17, 15) is 8.78 Å². The Morgan fingerprint density at radius 3 is 2.48 bits per heavy atom. The molecule has 3 nitrogen and oxygen atoms in total. The van der Waals surface area contributed by atoms with E-state index in [1.807, 2.05) is 25.1 Å². The molecule has 0 amide bonds. The Hall–Kier alpha value is -2.27. The van der Waals surface area contributed by atoms with Gasteiger partial charge in [0, 0.05) is 13.1 Å². The molecule has 1 heterocycles. The molecule has 2 aromatic carbocycles. The molecule has 0 radical (unpaired) electrons. The number of hydrogen-bond donors (Lipinski definition) is 1. The van der Waals surface area contributed by atoms with E-state index in [1.54, 1.807) is 4.57 Å². The van der Waals surface area contributed by atoms with Crippen molar-refractivity contribution in [3.63, 3.8) is 0 Å². The Morgan fingerprint density at radius 1 is 1.14 bits per heavy atom. The van der Waals surface area contributed by atoms with Crippen LogP contribution >= 0.6 is 0 Å². The summed E-state index contributed by atoms with van der Waals surface area (Å²) in [4.78, 5) is 4.41. The zero-order valence-corrected chi connectivity index (χ0v) is 11.6. The summed E-state index contributed by atoms with van der Waals surface area (Å²) in [6.07, 6.45) is 0. The Labute approximate surface area is 121 Å². The van der Waals surface area contributed by atoms with E-state index in [-0.39, 0.29) is 5.56 Å². The number of fused-ring (bicyclic) bond motifs is 1. The van der Waals surface area contributed by atoms with Gasteiger partial charge in [0.15, 0.2) is 0 Å². The molecule has 3 rings (SSSR count). The molecule has 0 aliphatic carbocycles. The van der Waals surface area contributed by atoms with Crippen LogP contribution in [0.4, 0.5) is 8.78 Å². The van der Waals surface area contributed by atoms with E-state index in [0.717, 1.165) is 11.1 Å². The number of hydrogen-bond acceptors (Lipinski definition) is 2. The quantitative estimate of drug-likeness (QED) is 0.801. The molecule has 0 saturated heterocycles. The molecule has 2 N–H and O–H groups in total. The molecule has 5 heteroatoms. The maximum Gasteiger partial charge on any atom is 0.147 e. The maximum atomic E-state index is 14.0. The maximum absolute atomic E-state index is 14.0. The Bertz CT molecular complexity index is 788. The average molecular weight is 287 g/mol. The Balaban J connectivity index is 2.32. The average Bonchev–Trinajstić information content (AvgIpc) is 2.84. The third-order valence-electron chi connectivity index (χ3n) is 3.55. The lowest BCUT2D eigenvalue weighted by Crippen LogP contribution is -2.01. The Kier molecular flexibility index (Phi) is 3.43. The summed E-state index contributed by atoms with van der Waals surface area (Å²) in [5.41, 5.74) is 8.00. The lowest BCUT2D eigenvalue weighted by Gasteiger charge is -2.08. The molecule has 0 bridgehead atoms. The molecule has 0 unspecified atom stereocenters. The predicted molar refractivity (Wildman–Crippen MR) is 78.7 cm³/mol. The summed E-state index contributed by atoms with van der Waals surface area (Å²) in [5.74, 6) is -0.921. The first-order valence-electron chi connectivity index (χ1n) is 6.79. The third kappa shape index (κ3) is 2.19. The van der Waals surface area contributed by atoms with E-state index in [4.69, 9.17) is 5.73 Å². The molecule has 3 aromatic rings.